The standard InChI is InChI=1S/C22H41N3O4/c1-15(19(26)20(27)23-14-16-8-6-5-7-9-16)24-17-10-12-18(13-11-17)25-21(28)29-22(2,3)4/h15-19,24,26H,5-14H2,1-4H3,(H,23,27)(H,25,28). The van der Waals surface area contributed by atoms with E-state index in [1.54, 1.807) is 0 Å². The zero-order valence-electron chi connectivity index (χ0n) is 18.6. The first-order valence-electron chi connectivity index (χ1n) is 11.4. The maximum Gasteiger partial charge on any atom is 0.407 e. The molecular weight excluding hydrogens is 370 g/mol. The van der Waals surface area contributed by atoms with Gasteiger partial charge in [-0.25, -0.2) is 4.79 Å². The molecule has 7 heteroatoms. The molecule has 0 aromatic heterocycles. The SMILES string of the molecule is CC(NC1CCC(NC(=O)OC(C)(C)C)CC1)C(O)C(=O)NCC1CCCCC1. The van der Waals surface area contributed by atoms with Gasteiger partial charge in [0.1, 0.15) is 11.7 Å². The Morgan fingerprint density at radius 1 is 1.00 bits per heavy atom. The average molecular weight is 412 g/mol. The Balaban J connectivity index is 1.65. The van der Waals surface area contributed by atoms with Gasteiger partial charge in [0.2, 0.25) is 5.91 Å². The molecule has 0 aromatic carbocycles. The number of amides is 2. The van der Waals surface area contributed by atoms with Crippen LogP contribution in [-0.4, -0.2) is 53.5 Å². The first-order valence-corrected chi connectivity index (χ1v) is 11.4. The lowest BCUT2D eigenvalue weighted by Gasteiger charge is -2.33. The first-order chi connectivity index (χ1) is 13.6. The van der Waals surface area contributed by atoms with E-state index in [1.165, 1.54) is 32.1 Å². The molecular formula is C22H41N3O4. The molecule has 0 bridgehead atoms. The van der Waals surface area contributed by atoms with Gasteiger partial charge in [-0.15, -0.1) is 0 Å². The van der Waals surface area contributed by atoms with Crippen LogP contribution in [0.25, 0.3) is 0 Å². The van der Waals surface area contributed by atoms with Crippen LogP contribution in [0.5, 0.6) is 0 Å². The summed E-state index contributed by atoms with van der Waals surface area (Å²) in [7, 11) is 0. The lowest BCUT2D eigenvalue weighted by molar-refractivity contribution is -0.130. The highest BCUT2D eigenvalue weighted by molar-refractivity contribution is 5.81. The monoisotopic (exact) mass is 411 g/mol. The van der Waals surface area contributed by atoms with Gasteiger partial charge >= 0.3 is 6.09 Å². The molecule has 2 saturated carbocycles. The Bertz CT molecular complexity index is 521. The van der Waals surface area contributed by atoms with E-state index in [9.17, 15) is 14.7 Å². The molecule has 0 aromatic rings. The van der Waals surface area contributed by atoms with Crippen LogP contribution in [0.3, 0.4) is 0 Å². The highest BCUT2D eigenvalue weighted by Gasteiger charge is 2.29. The summed E-state index contributed by atoms with van der Waals surface area (Å²) in [4.78, 5) is 24.2. The van der Waals surface area contributed by atoms with Crippen molar-refractivity contribution in [3.63, 3.8) is 0 Å². The number of hydrogen-bond acceptors (Lipinski definition) is 5. The van der Waals surface area contributed by atoms with Gasteiger partial charge in [-0.05, 0) is 72.1 Å². The predicted molar refractivity (Wildman–Crippen MR) is 114 cm³/mol. The molecule has 2 rings (SSSR count). The van der Waals surface area contributed by atoms with Gasteiger partial charge in [0.05, 0.1) is 0 Å². The molecule has 2 amide bonds. The maximum atomic E-state index is 12.3. The number of aliphatic hydroxyl groups is 1. The van der Waals surface area contributed by atoms with Crippen molar-refractivity contribution in [1.82, 2.24) is 16.0 Å². The fourth-order valence-electron chi connectivity index (χ4n) is 4.31. The van der Waals surface area contributed by atoms with Crippen molar-refractivity contribution in [2.75, 3.05) is 6.54 Å². The smallest absolute Gasteiger partial charge is 0.407 e. The summed E-state index contributed by atoms with van der Waals surface area (Å²) in [5.41, 5.74) is -0.494. The number of carbonyl (C=O) groups is 2. The highest BCUT2D eigenvalue weighted by atomic mass is 16.6. The summed E-state index contributed by atoms with van der Waals surface area (Å²) in [6.45, 7) is 8.09. The molecule has 2 fully saturated rings. The van der Waals surface area contributed by atoms with Gasteiger partial charge in [0.25, 0.3) is 0 Å². The predicted octanol–water partition coefficient (Wildman–Crippen LogP) is 2.86. The fourth-order valence-corrected chi connectivity index (χ4v) is 4.31. The average Bonchev–Trinajstić information content (AvgIpc) is 2.66. The summed E-state index contributed by atoms with van der Waals surface area (Å²) >= 11 is 0. The van der Waals surface area contributed by atoms with E-state index >= 15 is 0 Å². The number of nitrogens with one attached hydrogen (secondary N) is 3. The Labute approximate surface area is 175 Å². The largest absolute Gasteiger partial charge is 0.444 e. The summed E-state index contributed by atoms with van der Waals surface area (Å²) in [5.74, 6) is 0.270. The summed E-state index contributed by atoms with van der Waals surface area (Å²) in [5, 5.41) is 19.6. The molecule has 2 aliphatic rings. The number of ether oxygens (including phenoxy) is 1. The zero-order chi connectivity index (χ0) is 21.4. The van der Waals surface area contributed by atoms with Crippen molar-refractivity contribution in [3.8, 4) is 0 Å². The summed E-state index contributed by atoms with van der Waals surface area (Å²) < 4.78 is 5.31. The van der Waals surface area contributed by atoms with Crippen molar-refractivity contribution in [1.29, 1.82) is 0 Å². The first kappa shape index (κ1) is 23.9. The molecule has 2 aliphatic carbocycles. The molecule has 0 heterocycles. The van der Waals surface area contributed by atoms with Crippen LogP contribution in [0, 0.1) is 5.92 Å². The van der Waals surface area contributed by atoms with Gasteiger partial charge in [-0.3, -0.25) is 4.79 Å². The lowest BCUT2D eigenvalue weighted by atomic mass is 9.89. The van der Waals surface area contributed by atoms with E-state index in [4.69, 9.17) is 4.74 Å². The molecule has 0 radical (unpaired) electrons. The molecule has 29 heavy (non-hydrogen) atoms. The molecule has 168 valence electrons. The van der Waals surface area contributed by atoms with E-state index in [0.717, 1.165) is 25.7 Å². The molecule has 0 aliphatic heterocycles. The minimum absolute atomic E-state index is 0.113. The van der Waals surface area contributed by atoms with Crippen LogP contribution in [0.15, 0.2) is 0 Å². The Morgan fingerprint density at radius 2 is 1.59 bits per heavy atom. The van der Waals surface area contributed by atoms with Crippen LogP contribution in [0.4, 0.5) is 4.79 Å². The third kappa shape index (κ3) is 8.91. The van der Waals surface area contributed by atoms with Gasteiger partial charge in [0, 0.05) is 24.7 Å². The molecule has 7 nitrogen and oxygen atoms in total. The molecule has 2 atom stereocenters. The Hall–Kier alpha value is -1.34. The second-order valence-corrected chi connectivity index (χ2v) is 9.84. The fraction of sp³-hybridized carbons (Fsp3) is 0.909. The van der Waals surface area contributed by atoms with Crippen LogP contribution in [0.2, 0.25) is 0 Å². The molecule has 2 unspecified atom stereocenters. The third-order valence-corrected chi connectivity index (χ3v) is 5.98. The van der Waals surface area contributed by atoms with Gasteiger partial charge in [-0.1, -0.05) is 19.3 Å². The third-order valence-electron chi connectivity index (χ3n) is 5.98. The van der Waals surface area contributed by atoms with Crippen LogP contribution in [-0.2, 0) is 9.53 Å². The van der Waals surface area contributed by atoms with E-state index in [1.807, 2.05) is 27.7 Å². The second kappa shape index (κ2) is 11.2. The normalized spacial score (nSPS) is 25.7. The lowest BCUT2D eigenvalue weighted by Crippen LogP contribution is -2.52. The quantitative estimate of drug-likeness (QED) is 0.516. The Kier molecular flexibility index (Phi) is 9.21. The van der Waals surface area contributed by atoms with Crippen LogP contribution < -0.4 is 16.0 Å². The molecule has 0 saturated heterocycles. The van der Waals surface area contributed by atoms with Crippen molar-refractivity contribution in [2.45, 2.75) is 115 Å². The van der Waals surface area contributed by atoms with E-state index in [2.05, 4.69) is 16.0 Å². The maximum absolute atomic E-state index is 12.3. The van der Waals surface area contributed by atoms with Gasteiger partial charge in [-0.2, -0.15) is 0 Å². The van der Waals surface area contributed by atoms with Crippen molar-refractivity contribution < 1.29 is 19.4 Å². The number of aliphatic hydroxyl groups excluding tert-OH is 1. The van der Waals surface area contributed by atoms with E-state index in [-0.39, 0.29) is 30.1 Å². The number of carbonyl (C=O) groups excluding carboxylic acids is 2. The van der Waals surface area contributed by atoms with Crippen LogP contribution in [0.1, 0.15) is 85.5 Å². The highest BCUT2D eigenvalue weighted by Crippen LogP contribution is 2.23. The van der Waals surface area contributed by atoms with Gasteiger partial charge in [0.15, 0.2) is 0 Å². The minimum atomic E-state index is -1.05. The van der Waals surface area contributed by atoms with Crippen molar-refractivity contribution in [2.24, 2.45) is 5.92 Å². The Morgan fingerprint density at radius 3 is 2.17 bits per heavy atom. The summed E-state index contributed by atoms with van der Waals surface area (Å²) in [6.07, 6.45) is 8.20. The van der Waals surface area contributed by atoms with Crippen LogP contribution >= 0.6 is 0 Å². The van der Waals surface area contributed by atoms with Crippen molar-refractivity contribution in [3.05, 3.63) is 0 Å². The van der Waals surface area contributed by atoms with Gasteiger partial charge < -0.3 is 25.8 Å². The topological polar surface area (TPSA) is 99.7 Å². The summed E-state index contributed by atoms with van der Waals surface area (Å²) in [6, 6.07) is 0.0473. The molecule has 0 spiro atoms. The minimum Gasteiger partial charge on any atom is -0.444 e. The number of rotatable bonds is 7. The van der Waals surface area contributed by atoms with E-state index < -0.39 is 11.7 Å². The number of alkyl carbamates (subject to hydrolysis) is 1. The van der Waals surface area contributed by atoms with E-state index in [0.29, 0.717) is 12.5 Å². The zero-order valence-corrected chi connectivity index (χ0v) is 18.6. The second-order valence-electron chi connectivity index (χ2n) is 9.84. The number of hydrogen-bond donors (Lipinski definition) is 4. The molecule has 4 N–H and O–H groups in total. The van der Waals surface area contributed by atoms with Crippen molar-refractivity contribution >= 4 is 12.0 Å².